The highest BCUT2D eigenvalue weighted by atomic mass is 16.5. The van der Waals surface area contributed by atoms with Crippen LogP contribution in [0.25, 0.3) is 11.6 Å². The zero-order chi connectivity index (χ0) is 23.5. The van der Waals surface area contributed by atoms with Crippen LogP contribution in [0.15, 0.2) is 60.2 Å². The van der Waals surface area contributed by atoms with Crippen LogP contribution in [0.4, 0.5) is 0 Å². The quantitative estimate of drug-likeness (QED) is 0.290. The fraction of sp³-hybridized carbons (Fsp3) is 0.433. The minimum absolute atomic E-state index is 0.116. The lowest BCUT2D eigenvalue weighted by molar-refractivity contribution is -0.137. The Morgan fingerprint density at radius 1 is 0.853 bits per heavy atom. The van der Waals surface area contributed by atoms with Gasteiger partial charge in [0.05, 0.1) is 6.61 Å². The van der Waals surface area contributed by atoms with Gasteiger partial charge in [0.2, 0.25) is 0 Å². The first-order valence-electron chi connectivity index (χ1n) is 12.7. The second kappa shape index (κ2) is 10.2. The molecule has 2 N–H and O–H groups in total. The number of benzene rings is 2. The monoisotopic (exact) mass is 458 g/mol. The van der Waals surface area contributed by atoms with E-state index < -0.39 is 0 Å². The molecule has 4 fully saturated rings. The van der Waals surface area contributed by atoms with Gasteiger partial charge in [-0.05, 0) is 109 Å². The molecule has 4 bridgehead atoms. The Bertz CT molecular complexity index is 1030. The minimum atomic E-state index is -0.359. The molecule has 4 aliphatic carbocycles. The van der Waals surface area contributed by atoms with Crippen molar-refractivity contribution in [3.05, 3.63) is 76.9 Å². The molecule has 2 aromatic carbocycles. The molecule has 4 heteroatoms. The van der Waals surface area contributed by atoms with Crippen molar-refractivity contribution in [2.45, 2.75) is 44.9 Å². The Morgan fingerprint density at radius 3 is 2.03 bits per heavy atom. The summed E-state index contributed by atoms with van der Waals surface area (Å²) in [6.45, 7) is 0.445. The first kappa shape index (κ1) is 22.9. The van der Waals surface area contributed by atoms with Crippen LogP contribution in [0.5, 0.6) is 5.75 Å². The molecular weight excluding hydrogens is 424 g/mol. The van der Waals surface area contributed by atoms with E-state index in [1.54, 1.807) is 23.8 Å². The van der Waals surface area contributed by atoms with Gasteiger partial charge in [-0.1, -0.05) is 42.0 Å². The molecule has 0 aromatic heterocycles. The highest BCUT2D eigenvalue weighted by molar-refractivity contribution is 5.87. The maximum atomic E-state index is 11.9. The molecule has 4 aliphatic rings. The van der Waals surface area contributed by atoms with Crippen molar-refractivity contribution < 1.29 is 19.7 Å². The number of unbranched alkanes of at least 4 members (excludes halogenated alkanes) is 1. The van der Waals surface area contributed by atoms with Crippen molar-refractivity contribution in [2.75, 3.05) is 13.2 Å². The first-order chi connectivity index (χ1) is 16.6. The smallest absolute Gasteiger partial charge is 0.330 e. The Balaban J connectivity index is 1.40. The van der Waals surface area contributed by atoms with E-state index in [4.69, 9.17) is 9.84 Å². The molecule has 6 rings (SSSR count). The van der Waals surface area contributed by atoms with Gasteiger partial charge in [0.15, 0.2) is 0 Å². The van der Waals surface area contributed by atoms with E-state index in [1.807, 2.05) is 12.1 Å². The number of aliphatic hydroxyl groups is 1. The number of aliphatic hydroxyl groups excluding tert-OH is 1. The van der Waals surface area contributed by atoms with Crippen LogP contribution in [0, 0.1) is 23.7 Å². The third-order valence-electron chi connectivity index (χ3n) is 7.87. The number of carbonyl (C=O) groups excluding carboxylic acids is 1. The Morgan fingerprint density at radius 2 is 1.44 bits per heavy atom. The molecule has 4 nitrogen and oxygen atoms in total. The van der Waals surface area contributed by atoms with Crippen LogP contribution in [-0.4, -0.2) is 29.4 Å². The zero-order valence-electron chi connectivity index (χ0n) is 19.7. The van der Waals surface area contributed by atoms with Gasteiger partial charge in [0.1, 0.15) is 5.75 Å². The number of hydrogen-bond acceptors (Lipinski definition) is 4. The number of hydrogen-bond donors (Lipinski definition) is 2. The fourth-order valence-corrected chi connectivity index (χ4v) is 6.59. The molecule has 0 unspecified atom stereocenters. The van der Waals surface area contributed by atoms with E-state index in [2.05, 4.69) is 24.3 Å². The van der Waals surface area contributed by atoms with Crippen molar-refractivity contribution in [1.29, 1.82) is 0 Å². The summed E-state index contributed by atoms with van der Waals surface area (Å²) in [4.78, 5) is 11.9. The number of allylic oxidation sites excluding steroid dienone is 1. The number of carbonyl (C=O) groups is 1. The summed E-state index contributed by atoms with van der Waals surface area (Å²) in [6.07, 6.45) is 11.3. The SMILES string of the molecule is O=C(/C=C/c1ccc(C(=C2C3CC4CC(C3)CC2C4)c2ccc(O)cc2)cc1)OCCCCO. The predicted molar refractivity (Wildman–Crippen MR) is 134 cm³/mol. The molecular formula is C30H34O4. The van der Waals surface area contributed by atoms with Crippen molar-refractivity contribution in [3.63, 3.8) is 0 Å². The van der Waals surface area contributed by atoms with Gasteiger partial charge < -0.3 is 14.9 Å². The number of ether oxygens (including phenoxy) is 1. The summed E-state index contributed by atoms with van der Waals surface area (Å²) in [7, 11) is 0. The summed E-state index contributed by atoms with van der Waals surface area (Å²) in [5, 5.41) is 18.7. The summed E-state index contributed by atoms with van der Waals surface area (Å²) >= 11 is 0. The van der Waals surface area contributed by atoms with Gasteiger partial charge >= 0.3 is 5.97 Å². The Hall–Kier alpha value is -2.85. The largest absolute Gasteiger partial charge is 0.508 e. The second-order valence-corrected chi connectivity index (χ2v) is 10.2. The van der Waals surface area contributed by atoms with Crippen LogP contribution in [0.3, 0.4) is 0 Å². The maximum Gasteiger partial charge on any atom is 0.330 e. The van der Waals surface area contributed by atoms with Crippen LogP contribution in [0.2, 0.25) is 0 Å². The molecule has 0 radical (unpaired) electrons. The molecule has 4 saturated carbocycles. The molecule has 2 aromatic rings. The third-order valence-corrected chi connectivity index (χ3v) is 7.87. The molecule has 0 saturated heterocycles. The number of rotatable bonds is 8. The van der Waals surface area contributed by atoms with Crippen molar-refractivity contribution in [3.8, 4) is 5.75 Å². The van der Waals surface area contributed by atoms with Gasteiger partial charge in [-0.3, -0.25) is 0 Å². The Labute approximate surface area is 202 Å². The third kappa shape index (κ3) is 4.97. The van der Waals surface area contributed by atoms with Gasteiger partial charge in [-0.2, -0.15) is 0 Å². The Kier molecular flexibility index (Phi) is 6.87. The van der Waals surface area contributed by atoms with E-state index in [9.17, 15) is 9.90 Å². The lowest BCUT2D eigenvalue weighted by atomic mass is 9.53. The lowest BCUT2D eigenvalue weighted by Gasteiger charge is -2.52. The lowest BCUT2D eigenvalue weighted by Crippen LogP contribution is -2.40. The van der Waals surface area contributed by atoms with Crippen LogP contribution < -0.4 is 0 Å². The van der Waals surface area contributed by atoms with Crippen molar-refractivity contribution in [2.24, 2.45) is 23.7 Å². The van der Waals surface area contributed by atoms with E-state index in [-0.39, 0.29) is 12.6 Å². The topological polar surface area (TPSA) is 66.8 Å². The van der Waals surface area contributed by atoms with Gasteiger partial charge in [-0.25, -0.2) is 4.79 Å². The molecule has 34 heavy (non-hydrogen) atoms. The molecule has 0 aliphatic heterocycles. The van der Waals surface area contributed by atoms with Crippen LogP contribution in [-0.2, 0) is 9.53 Å². The normalized spacial score (nSPS) is 25.1. The maximum absolute atomic E-state index is 11.9. The number of phenols is 1. The minimum Gasteiger partial charge on any atom is -0.508 e. The number of phenolic OH excluding ortho intramolecular Hbond substituents is 1. The van der Waals surface area contributed by atoms with E-state index >= 15 is 0 Å². The summed E-state index contributed by atoms with van der Waals surface area (Å²) in [5.74, 6) is 3.11. The molecule has 0 heterocycles. The summed E-state index contributed by atoms with van der Waals surface area (Å²) in [5.41, 5.74) is 6.31. The zero-order valence-corrected chi connectivity index (χ0v) is 19.7. The highest BCUT2D eigenvalue weighted by Crippen LogP contribution is 2.58. The van der Waals surface area contributed by atoms with Gasteiger partial charge in [0, 0.05) is 12.7 Å². The predicted octanol–water partition coefficient (Wildman–Crippen LogP) is 5.98. The van der Waals surface area contributed by atoms with Crippen molar-refractivity contribution >= 4 is 17.6 Å². The van der Waals surface area contributed by atoms with Gasteiger partial charge in [0.25, 0.3) is 0 Å². The van der Waals surface area contributed by atoms with E-state index in [1.165, 1.54) is 54.9 Å². The average molecular weight is 459 g/mol. The molecule has 0 spiro atoms. The number of aromatic hydroxyl groups is 1. The van der Waals surface area contributed by atoms with Crippen LogP contribution in [0.1, 0.15) is 61.6 Å². The van der Waals surface area contributed by atoms with Crippen LogP contribution >= 0.6 is 0 Å². The second-order valence-electron chi connectivity index (χ2n) is 10.2. The molecule has 0 atom stereocenters. The van der Waals surface area contributed by atoms with Crippen molar-refractivity contribution in [1.82, 2.24) is 0 Å². The summed E-state index contributed by atoms with van der Waals surface area (Å²) in [6, 6.07) is 16.1. The van der Waals surface area contributed by atoms with E-state index in [0.29, 0.717) is 37.0 Å². The number of esters is 1. The standard InChI is InChI=1S/C30H34O4/c31-13-1-2-14-34-28(33)12-5-20-3-6-23(7-4-20)29(24-8-10-27(32)11-9-24)30-25-16-21-15-22(18-25)19-26(30)17-21/h3-12,21-22,25-26,31-32H,1-2,13-19H2/b12-5+,30-29?. The fourth-order valence-electron chi connectivity index (χ4n) is 6.59. The van der Waals surface area contributed by atoms with E-state index in [0.717, 1.165) is 17.4 Å². The first-order valence-corrected chi connectivity index (χ1v) is 12.7. The molecule has 0 amide bonds. The average Bonchev–Trinajstić information content (AvgIpc) is 2.84. The van der Waals surface area contributed by atoms with Gasteiger partial charge in [-0.15, -0.1) is 0 Å². The molecule has 178 valence electrons. The highest BCUT2D eigenvalue weighted by Gasteiger charge is 2.46. The summed E-state index contributed by atoms with van der Waals surface area (Å²) < 4.78 is 5.16.